The Morgan fingerprint density at radius 2 is 2.20 bits per heavy atom. The Hall–Kier alpha value is -2.44. The number of nitro benzene ring substituents is 1. The number of hydrogen-bond donors (Lipinski definition) is 1. The van der Waals surface area contributed by atoms with E-state index in [0.29, 0.717) is 18.8 Å². The molecule has 1 atom stereocenters. The summed E-state index contributed by atoms with van der Waals surface area (Å²) in [6, 6.07) is 3.99. The van der Waals surface area contributed by atoms with Crippen molar-refractivity contribution in [1.29, 1.82) is 0 Å². The Morgan fingerprint density at radius 3 is 2.80 bits per heavy atom. The highest BCUT2D eigenvalue weighted by atomic mass is 16.6. The van der Waals surface area contributed by atoms with Gasteiger partial charge in [0.2, 0.25) is 5.91 Å². The molecule has 106 valence electrons. The molecule has 1 N–H and O–H groups in total. The van der Waals surface area contributed by atoms with Gasteiger partial charge in [-0.25, -0.2) is 0 Å². The molecule has 0 aromatic heterocycles. The molecular weight excluding hydrogens is 262 g/mol. The van der Waals surface area contributed by atoms with E-state index in [0.717, 1.165) is 0 Å². The molecule has 0 saturated carbocycles. The summed E-state index contributed by atoms with van der Waals surface area (Å²) in [5, 5.41) is 13.6. The van der Waals surface area contributed by atoms with Gasteiger partial charge in [-0.2, -0.15) is 0 Å². The minimum absolute atomic E-state index is 0.0608. The third-order valence-electron chi connectivity index (χ3n) is 3.39. The van der Waals surface area contributed by atoms with Gasteiger partial charge in [0.25, 0.3) is 5.69 Å². The fourth-order valence-corrected chi connectivity index (χ4v) is 2.28. The summed E-state index contributed by atoms with van der Waals surface area (Å²) < 4.78 is 0. The van der Waals surface area contributed by atoms with Crippen LogP contribution in [-0.4, -0.2) is 35.7 Å². The molecule has 0 aliphatic carbocycles. The van der Waals surface area contributed by atoms with E-state index in [4.69, 9.17) is 0 Å². The van der Waals surface area contributed by atoms with E-state index in [1.807, 2.05) is 4.90 Å². The molecule has 7 nitrogen and oxygen atoms in total. The van der Waals surface area contributed by atoms with Crippen LogP contribution >= 0.6 is 0 Å². The molecule has 1 amide bonds. The van der Waals surface area contributed by atoms with Crippen molar-refractivity contribution in [2.45, 2.75) is 19.9 Å². The van der Waals surface area contributed by atoms with Gasteiger partial charge in [0.05, 0.1) is 10.5 Å². The number of carbonyl (C=O) groups excluding carboxylic acids is 2. The summed E-state index contributed by atoms with van der Waals surface area (Å²) >= 11 is 0. The van der Waals surface area contributed by atoms with Crippen LogP contribution in [0.4, 0.5) is 11.4 Å². The third-order valence-corrected chi connectivity index (χ3v) is 3.39. The van der Waals surface area contributed by atoms with E-state index < -0.39 is 4.92 Å². The molecule has 0 spiro atoms. The van der Waals surface area contributed by atoms with Crippen LogP contribution in [0.5, 0.6) is 0 Å². The second-order valence-corrected chi connectivity index (χ2v) is 4.68. The van der Waals surface area contributed by atoms with Gasteiger partial charge in [0.15, 0.2) is 5.78 Å². The second-order valence-electron chi connectivity index (χ2n) is 4.68. The first kappa shape index (κ1) is 14.0. The Balaban J connectivity index is 2.43. The van der Waals surface area contributed by atoms with E-state index >= 15 is 0 Å². The predicted molar refractivity (Wildman–Crippen MR) is 72.9 cm³/mol. The van der Waals surface area contributed by atoms with E-state index in [2.05, 4.69) is 5.32 Å². The van der Waals surface area contributed by atoms with E-state index in [9.17, 15) is 19.7 Å². The van der Waals surface area contributed by atoms with Crippen LogP contribution in [0.1, 0.15) is 24.2 Å². The van der Waals surface area contributed by atoms with Crippen LogP contribution in [0.3, 0.4) is 0 Å². The highest BCUT2D eigenvalue weighted by Crippen LogP contribution is 2.27. The maximum Gasteiger partial charge on any atom is 0.280 e. The average molecular weight is 277 g/mol. The van der Waals surface area contributed by atoms with Crippen molar-refractivity contribution in [2.24, 2.45) is 0 Å². The molecule has 1 fully saturated rings. The average Bonchev–Trinajstić information content (AvgIpc) is 2.41. The fourth-order valence-electron chi connectivity index (χ4n) is 2.28. The largest absolute Gasteiger partial charge is 0.358 e. The minimum Gasteiger partial charge on any atom is -0.358 e. The van der Waals surface area contributed by atoms with Gasteiger partial charge in [-0.1, -0.05) is 0 Å². The maximum atomic E-state index is 11.6. The van der Waals surface area contributed by atoms with Crippen LogP contribution in [0.25, 0.3) is 0 Å². The lowest BCUT2D eigenvalue weighted by Gasteiger charge is -2.34. The smallest absolute Gasteiger partial charge is 0.280 e. The predicted octanol–water partition coefficient (Wildman–Crippen LogP) is 1.12. The standard InChI is InChI=1S/C13H15N3O4/c1-8-13(18)14-5-6-15(8)10-3-4-12(16(19)20)11(7-10)9(2)17/h3-4,7-8H,5-6H2,1-2H3,(H,14,18). The Kier molecular flexibility index (Phi) is 3.69. The SMILES string of the molecule is CC(=O)c1cc(N2CCNC(=O)C2C)ccc1[N+](=O)[O-]. The number of nitro groups is 1. The lowest BCUT2D eigenvalue weighted by atomic mass is 10.1. The lowest BCUT2D eigenvalue weighted by Crippen LogP contribution is -2.54. The number of amides is 1. The van der Waals surface area contributed by atoms with E-state index in [-0.39, 0.29) is 29.0 Å². The highest BCUT2D eigenvalue weighted by Gasteiger charge is 2.27. The summed E-state index contributed by atoms with van der Waals surface area (Å²) in [6.45, 7) is 4.15. The number of rotatable bonds is 3. The fraction of sp³-hybridized carbons (Fsp3) is 0.385. The molecule has 1 heterocycles. The van der Waals surface area contributed by atoms with Crippen molar-refractivity contribution in [3.8, 4) is 0 Å². The normalized spacial score (nSPS) is 18.6. The van der Waals surface area contributed by atoms with Crippen LogP contribution in [0.2, 0.25) is 0 Å². The number of nitrogens with one attached hydrogen (secondary N) is 1. The summed E-state index contributed by atoms with van der Waals surface area (Å²) in [5.74, 6) is -0.466. The molecule has 0 radical (unpaired) electrons. The number of piperazine rings is 1. The van der Waals surface area contributed by atoms with Crippen molar-refractivity contribution >= 4 is 23.1 Å². The van der Waals surface area contributed by atoms with Gasteiger partial charge >= 0.3 is 0 Å². The van der Waals surface area contributed by atoms with Crippen LogP contribution < -0.4 is 10.2 Å². The minimum atomic E-state index is -0.577. The van der Waals surface area contributed by atoms with Crippen molar-refractivity contribution in [1.82, 2.24) is 5.32 Å². The van der Waals surface area contributed by atoms with Crippen molar-refractivity contribution < 1.29 is 14.5 Å². The molecule has 1 aromatic rings. The number of ketones is 1. The first-order valence-electron chi connectivity index (χ1n) is 6.25. The van der Waals surface area contributed by atoms with Gasteiger partial charge < -0.3 is 10.2 Å². The van der Waals surface area contributed by atoms with E-state index in [1.54, 1.807) is 13.0 Å². The Morgan fingerprint density at radius 1 is 1.50 bits per heavy atom. The molecule has 1 aliphatic rings. The summed E-state index contributed by atoms with van der Waals surface area (Å²) in [4.78, 5) is 35.4. The first-order valence-corrected chi connectivity index (χ1v) is 6.25. The molecule has 2 rings (SSSR count). The molecule has 0 bridgehead atoms. The monoisotopic (exact) mass is 277 g/mol. The van der Waals surface area contributed by atoms with Crippen LogP contribution in [0, 0.1) is 10.1 Å². The van der Waals surface area contributed by atoms with Crippen LogP contribution in [-0.2, 0) is 4.79 Å². The van der Waals surface area contributed by atoms with Crippen molar-refractivity contribution in [2.75, 3.05) is 18.0 Å². The van der Waals surface area contributed by atoms with Gasteiger partial charge in [0, 0.05) is 24.8 Å². The highest BCUT2D eigenvalue weighted by molar-refractivity contribution is 5.99. The summed E-state index contributed by atoms with van der Waals surface area (Å²) in [6.07, 6.45) is 0. The molecule has 20 heavy (non-hydrogen) atoms. The molecule has 1 aliphatic heterocycles. The Bertz CT molecular complexity index is 585. The molecule has 1 unspecified atom stereocenters. The quantitative estimate of drug-likeness (QED) is 0.507. The lowest BCUT2D eigenvalue weighted by molar-refractivity contribution is -0.385. The van der Waals surface area contributed by atoms with E-state index in [1.165, 1.54) is 19.1 Å². The van der Waals surface area contributed by atoms with Gasteiger partial charge in [-0.3, -0.25) is 19.7 Å². The molecular formula is C13H15N3O4. The number of benzene rings is 1. The molecule has 7 heteroatoms. The summed E-state index contributed by atoms with van der Waals surface area (Å²) in [7, 11) is 0. The zero-order valence-electron chi connectivity index (χ0n) is 11.3. The van der Waals surface area contributed by atoms with Crippen LogP contribution in [0.15, 0.2) is 18.2 Å². The van der Waals surface area contributed by atoms with Crippen molar-refractivity contribution in [3.63, 3.8) is 0 Å². The summed E-state index contributed by atoms with van der Waals surface area (Å²) in [5.41, 5.74) is 0.490. The topological polar surface area (TPSA) is 92.6 Å². The number of anilines is 1. The van der Waals surface area contributed by atoms with Crippen molar-refractivity contribution in [3.05, 3.63) is 33.9 Å². The number of nitrogens with zero attached hydrogens (tertiary/aromatic N) is 2. The third kappa shape index (κ3) is 2.47. The number of hydrogen-bond acceptors (Lipinski definition) is 5. The molecule has 1 saturated heterocycles. The maximum absolute atomic E-state index is 11.6. The zero-order valence-corrected chi connectivity index (χ0v) is 11.3. The number of carbonyl (C=O) groups is 2. The number of Topliss-reactive ketones (excluding diaryl/α,β-unsaturated/α-hetero) is 1. The van der Waals surface area contributed by atoms with Gasteiger partial charge in [-0.05, 0) is 26.0 Å². The molecule has 1 aromatic carbocycles. The van der Waals surface area contributed by atoms with Gasteiger partial charge in [0.1, 0.15) is 6.04 Å². The second kappa shape index (κ2) is 5.28. The van der Waals surface area contributed by atoms with Gasteiger partial charge in [-0.15, -0.1) is 0 Å². The first-order chi connectivity index (χ1) is 9.41. The Labute approximate surface area is 115 Å². The zero-order chi connectivity index (χ0) is 14.9.